The Bertz CT molecular complexity index is 186. The summed E-state index contributed by atoms with van der Waals surface area (Å²) in [6, 6.07) is 0. The summed E-state index contributed by atoms with van der Waals surface area (Å²) in [6.45, 7) is 4.63. The lowest BCUT2D eigenvalue weighted by Crippen LogP contribution is -1.93. The van der Waals surface area contributed by atoms with Gasteiger partial charge in [-0.05, 0) is 31.6 Å². The minimum absolute atomic E-state index is 0.910. The van der Waals surface area contributed by atoms with Gasteiger partial charge in [-0.3, -0.25) is 0 Å². The molecule has 0 N–H and O–H groups in total. The molecule has 0 heterocycles. The lowest BCUT2D eigenvalue weighted by Gasteiger charge is -2.09. The fourth-order valence-corrected chi connectivity index (χ4v) is 1.71. The van der Waals surface area contributed by atoms with E-state index >= 15 is 0 Å². The Kier molecular flexibility index (Phi) is 4.88. The molecule has 0 fully saturated rings. The van der Waals surface area contributed by atoms with Crippen LogP contribution in [-0.4, -0.2) is 0 Å². The van der Waals surface area contributed by atoms with E-state index in [2.05, 4.69) is 32.1 Å². The lowest BCUT2D eigenvalue weighted by atomic mass is 9.97. The Morgan fingerprint density at radius 1 is 1.38 bits per heavy atom. The van der Waals surface area contributed by atoms with Crippen molar-refractivity contribution in [2.45, 2.75) is 52.4 Å². The van der Waals surface area contributed by atoms with E-state index < -0.39 is 0 Å². The van der Waals surface area contributed by atoms with Crippen LogP contribution in [0.5, 0.6) is 0 Å². The van der Waals surface area contributed by atoms with Crippen LogP contribution >= 0.6 is 0 Å². The van der Waals surface area contributed by atoms with E-state index in [1.165, 1.54) is 38.5 Å². The maximum atomic E-state index is 2.40. The smallest absolute Gasteiger partial charge is 0.0282 e. The molecule has 0 bridgehead atoms. The molecule has 0 radical (unpaired) electrons. The highest BCUT2D eigenvalue weighted by atomic mass is 14.1. The second-order valence-corrected chi connectivity index (χ2v) is 4.16. The molecule has 0 aliphatic heterocycles. The molecule has 0 nitrogen and oxygen atoms in total. The van der Waals surface area contributed by atoms with Crippen molar-refractivity contribution in [2.75, 3.05) is 0 Å². The van der Waals surface area contributed by atoms with Crippen LogP contribution in [0.1, 0.15) is 52.4 Å². The second kappa shape index (κ2) is 6.01. The van der Waals surface area contributed by atoms with Gasteiger partial charge in [0.15, 0.2) is 0 Å². The molecule has 0 spiro atoms. The molecule has 1 aliphatic rings. The van der Waals surface area contributed by atoms with Crippen molar-refractivity contribution in [3.63, 3.8) is 0 Å². The van der Waals surface area contributed by atoms with Crippen molar-refractivity contribution >= 4 is 0 Å². The standard InChI is InChI=1S/C13H22/c1-3-12(2)8-7-11-13-9-5-4-6-10-13/h5,9-10,12H,3-4,6-8,11H2,1-2H3. The van der Waals surface area contributed by atoms with Crippen LogP contribution in [0.3, 0.4) is 0 Å². The normalized spacial score (nSPS) is 18.5. The Morgan fingerprint density at radius 3 is 2.85 bits per heavy atom. The van der Waals surface area contributed by atoms with Gasteiger partial charge in [0.05, 0.1) is 0 Å². The quantitative estimate of drug-likeness (QED) is 0.582. The maximum absolute atomic E-state index is 2.40. The Hall–Kier alpha value is -0.520. The molecule has 1 unspecified atom stereocenters. The molecule has 0 aromatic heterocycles. The highest BCUT2D eigenvalue weighted by molar-refractivity contribution is 5.21. The SMILES string of the molecule is CCC(C)CCCC1=CCCC=C1. The summed E-state index contributed by atoms with van der Waals surface area (Å²) in [7, 11) is 0. The van der Waals surface area contributed by atoms with E-state index in [0.29, 0.717) is 0 Å². The first kappa shape index (κ1) is 10.6. The first-order valence-corrected chi connectivity index (χ1v) is 5.68. The van der Waals surface area contributed by atoms with Crippen LogP contribution in [0.2, 0.25) is 0 Å². The monoisotopic (exact) mass is 178 g/mol. The molecular formula is C13H22. The third kappa shape index (κ3) is 4.31. The van der Waals surface area contributed by atoms with Crippen LogP contribution < -0.4 is 0 Å². The van der Waals surface area contributed by atoms with Crippen molar-refractivity contribution in [1.29, 1.82) is 0 Å². The Balaban J connectivity index is 2.12. The molecule has 1 aliphatic carbocycles. The van der Waals surface area contributed by atoms with Crippen LogP contribution in [0.4, 0.5) is 0 Å². The molecular weight excluding hydrogens is 156 g/mol. The van der Waals surface area contributed by atoms with E-state index in [1.54, 1.807) is 5.57 Å². The molecule has 1 rings (SSSR count). The molecule has 0 heteroatoms. The zero-order valence-corrected chi connectivity index (χ0v) is 9.05. The predicted molar refractivity (Wildman–Crippen MR) is 59.8 cm³/mol. The first-order chi connectivity index (χ1) is 6.33. The fourth-order valence-electron chi connectivity index (χ4n) is 1.71. The van der Waals surface area contributed by atoms with Crippen LogP contribution in [-0.2, 0) is 0 Å². The number of hydrogen-bond acceptors (Lipinski definition) is 0. The van der Waals surface area contributed by atoms with Gasteiger partial charge < -0.3 is 0 Å². The van der Waals surface area contributed by atoms with Crippen LogP contribution in [0.15, 0.2) is 23.8 Å². The zero-order chi connectivity index (χ0) is 9.52. The molecule has 0 saturated heterocycles. The van der Waals surface area contributed by atoms with Gasteiger partial charge in [0.1, 0.15) is 0 Å². The predicted octanol–water partition coefficient (Wildman–Crippen LogP) is 4.48. The van der Waals surface area contributed by atoms with Crippen LogP contribution in [0.25, 0.3) is 0 Å². The molecule has 13 heavy (non-hydrogen) atoms. The summed E-state index contributed by atoms with van der Waals surface area (Å²) < 4.78 is 0. The summed E-state index contributed by atoms with van der Waals surface area (Å²) in [6.07, 6.45) is 14.9. The first-order valence-electron chi connectivity index (χ1n) is 5.68. The van der Waals surface area contributed by atoms with Gasteiger partial charge in [-0.25, -0.2) is 0 Å². The Labute approximate surface area is 82.7 Å². The average Bonchev–Trinajstić information content (AvgIpc) is 2.19. The summed E-state index contributed by atoms with van der Waals surface area (Å²) >= 11 is 0. The van der Waals surface area contributed by atoms with Crippen molar-refractivity contribution in [1.82, 2.24) is 0 Å². The van der Waals surface area contributed by atoms with Gasteiger partial charge in [0.25, 0.3) is 0 Å². The van der Waals surface area contributed by atoms with Gasteiger partial charge in [-0.2, -0.15) is 0 Å². The van der Waals surface area contributed by atoms with Crippen molar-refractivity contribution in [3.05, 3.63) is 23.8 Å². The van der Waals surface area contributed by atoms with E-state index in [9.17, 15) is 0 Å². The van der Waals surface area contributed by atoms with Gasteiger partial charge in [0.2, 0.25) is 0 Å². The molecule has 1 atom stereocenters. The molecule has 0 aromatic carbocycles. The van der Waals surface area contributed by atoms with E-state index in [1.807, 2.05) is 0 Å². The molecule has 0 amide bonds. The fraction of sp³-hybridized carbons (Fsp3) is 0.692. The third-order valence-corrected chi connectivity index (χ3v) is 2.93. The van der Waals surface area contributed by atoms with E-state index in [4.69, 9.17) is 0 Å². The van der Waals surface area contributed by atoms with Crippen molar-refractivity contribution in [2.24, 2.45) is 5.92 Å². The largest absolute Gasteiger partial charge is 0.0840 e. The molecule has 0 saturated carbocycles. The topological polar surface area (TPSA) is 0 Å². The van der Waals surface area contributed by atoms with E-state index in [-0.39, 0.29) is 0 Å². The number of allylic oxidation sites excluding steroid dienone is 4. The summed E-state index contributed by atoms with van der Waals surface area (Å²) in [5, 5.41) is 0. The minimum Gasteiger partial charge on any atom is -0.0840 e. The van der Waals surface area contributed by atoms with Crippen molar-refractivity contribution < 1.29 is 0 Å². The molecule has 0 aromatic rings. The summed E-state index contributed by atoms with van der Waals surface area (Å²) in [5.74, 6) is 0.910. The number of hydrogen-bond donors (Lipinski definition) is 0. The third-order valence-electron chi connectivity index (χ3n) is 2.93. The van der Waals surface area contributed by atoms with Gasteiger partial charge in [0, 0.05) is 0 Å². The maximum Gasteiger partial charge on any atom is -0.0282 e. The summed E-state index contributed by atoms with van der Waals surface area (Å²) in [4.78, 5) is 0. The summed E-state index contributed by atoms with van der Waals surface area (Å²) in [5.41, 5.74) is 1.56. The highest BCUT2D eigenvalue weighted by Gasteiger charge is 2.00. The van der Waals surface area contributed by atoms with Gasteiger partial charge in [-0.15, -0.1) is 0 Å². The van der Waals surface area contributed by atoms with Gasteiger partial charge >= 0.3 is 0 Å². The molecule has 74 valence electrons. The second-order valence-electron chi connectivity index (χ2n) is 4.16. The average molecular weight is 178 g/mol. The zero-order valence-electron chi connectivity index (χ0n) is 9.05. The lowest BCUT2D eigenvalue weighted by molar-refractivity contribution is 0.496. The highest BCUT2D eigenvalue weighted by Crippen LogP contribution is 2.18. The van der Waals surface area contributed by atoms with Crippen molar-refractivity contribution in [3.8, 4) is 0 Å². The Morgan fingerprint density at radius 2 is 2.23 bits per heavy atom. The van der Waals surface area contributed by atoms with E-state index in [0.717, 1.165) is 5.92 Å². The number of rotatable bonds is 5. The van der Waals surface area contributed by atoms with Crippen LogP contribution in [0, 0.1) is 5.92 Å². The van der Waals surface area contributed by atoms with Gasteiger partial charge in [-0.1, -0.05) is 50.5 Å². The minimum atomic E-state index is 0.910.